The van der Waals surface area contributed by atoms with Crippen LogP contribution >= 0.6 is 12.4 Å². The number of hydrogen-bond acceptors (Lipinski definition) is 3. The third-order valence-electron chi connectivity index (χ3n) is 5.94. The highest BCUT2D eigenvalue weighted by molar-refractivity contribution is 6.47. The fraction of sp³-hybridized carbons (Fsp3) is 1.00. The van der Waals surface area contributed by atoms with Crippen LogP contribution in [0.2, 0.25) is 0 Å². The van der Waals surface area contributed by atoms with Gasteiger partial charge in [-0.1, -0.05) is 27.2 Å². The minimum Gasteiger partial charge on any atom is -0.404 e. The fourth-order valence-corrected chi connectivity index (χ4v) is 4.55. The maximum absolute atomic E-state index is 6.31. The molecule has 3 saturated carbocycles. The van der Waals surface area contributed by atoms with Crippen LogP contribution in [0.25, 0.3) is 0 Å². The highest BCUT2D eigenvalue weighted by Crippen LogP contribution is 2.65. The predicted molar refractivity (Wildman–Crippen MR) is 80.2 cm³/mol. The van der Waals surface area contributed by atoms with E-state index in [1.807, 2.05) is 0 Å². The van der Waals surface area contributed by atoms with Crippen LogP contribution in [0.4, 0.5) is 0 Å². The Balaban J connectivity index is 0.00000133. The van der Waals surface area contributed by atoms with Crippen LogP contribution in [0.15, 0.2) is 0 Å². The van der Waals surface area contributed by atoms with E-state index in [0.717, 1.165) is 25.2 Å². The molecule has 0 spiro atoms. The van der Waals surface area contributed by atoms with Gasteiger partial charge in [0.15, 0.2) is 0 Å². The summed E-state index contributed by atoms with van der Waals surface area (Å²) in [6, 6.07) is 0. The van der Waals surface area contributed by atoms with Gasteiger partial charge < -0.3 is 15.0 Å². The van der Waals surface area contributed by atoms with Crippen molar-refractivity contribution in [3.63, 3.8) is 0 Å². The van der Waals surface area contributed by atoms with Gasteiger partial charge in [-0.25, -0.2) is 0 Å². The van der Waals surface area contributed by atoms with Gasteiger partial charge in [0.2, 0.25) is 0 Å². The van der Waals surface area contributed by atoms with E-state index in [9.17, 15) is 0 Å². The summed E-state index contributed by atoms with van der Waals surface area (Å²) in [6.45, 7) is 9.17. The van der Waals surface area contributed by atoms with Crippen molar-refractivity contribution in [1.82, 2.24) is 0 Å². The summed E-state index contributed by atoms with van der Waals surface area (Å²) in [7, 11) is -0.185. The standard InChI is InChI=1S/C14H26BNO2.ClH/c1-5-6-12(16)15-17-11-8-9-7-10(13(9,2)3)14(11,4)18-15;/h9-12H,5-8,16H2,1-4H3;1H. The van der Waals surface area contributed by atoms with E-state index in [-0.39, 0.29) is 37.2 Å². The van der Waals surface area contributed by atoms with Crippen molar-refractivity contribution < 1.29 is 9.31 Å². The van der Waals surface area contributed by atoms with Crippen molar-refractivity contribution in [2.45, 2.75) is 71.0 Å². The van der Waals surface area contributed by atoms with Gasteiger partial charge in [0.05, 0.1) is 11.7 Å². The summed E-state index contributed by atoms with van der Waals surface area (Å²) in [5.74, 6) is 1.47. The van der Waals surface area contributed by atoms with Gasteiger partial charge in [0.1, 0.15) is 0 Å². The molecular formula is C14H27BClNO2. The summed E-state index contributed by atoms with van der Waals surface area (Å²) >= 11 is 0. The quantitative estimate of drug-likeness (QED) is 0.812. The highest BCUT2D eigenvalue weighted by Gasteiger charge is 2.68. The highest BCUT2D eigenvalue weighted by atomic mass is 35.5. The molecule has 5 heteroatoms. The van der Waals surface area contributed by atoms with Crippen molar-refractivity contribution >= 4 is 19.5 Å². The minimum atomic E-state index is -0.185. The van der Waals surface area contributed by atoms with Crippen LogP contribution in [0, 0.1) is 17.3 Å². The largest absolute Gasteiger partial charge is 0.475 e. The lowest BCUT2D eigenvalue weighted by molar-refractivity contribution is -0.199. The van der Waals surface area contributed by atoms with Gasteiger partial charge in [0, 0.05) is 5.94 Å². The van der Waals surface area contributed by atoms with Crippen molar-refractivity contribution in [3.05, 3.63) is 0 Å². The molecule has 19 heavy (non-hydrogen) atoms. The molecule has 4 fully saturated rings. The average Bonchev–Trinajstić information content (AvgIpc) is 2.65. The van der Waals surface area contributed by atoms with Crippen molar-refractivity contribution in [2.75, 3.05) is 0 Å². The zero-order valence-electron chi connectivity index (χ0n) is 12.5. The van der Waals surface area contributed by atoms with Gasteiger partial charge in [-0.15, -0.1) is 12.4 Å². The Kier molecular flexibility index (Phi) is 4.03. The molecule has 1 aliphatic heterocycles. The number of rotatable bonds is 3. The summed E-state index contributed by atoms with van der Waals surface area (Å²) in [6.07, 6.45) is 4.78. The maximum atomic E-state index is 6.31. The molecule has 1 saturated heterocycles. The number of nitrogens with two attached hydrogens (primary N) is 1. The molecule has 110 valence electrons. The monoisotopic (exact) mass is 287 g/mol. The first-order valence-corrected chi connectivity index (χ1v) is 7.48. The minimum absolute atomic E-state index is 0. The molecule has 1 heterocycles. The van der Waals surface area contributed by atoms with E-state index in [1.165, 1.54) is 6.42 Å². The van der Waals surface area contributed by atoms with Crippen molar-refractivity contribution in [2.24, 2.45) is 23.0 Å². The Morgan fingerprint density at radius 3 is 2.58 bits per heavy atom. The summed E-state index contributed by atoms with van der Waals surface area (Å²) < 4.78 is 12.4. The second-order valence-corrected chi connectivity index (χ2v) is 7.29. The molecule has 3 aliphatic carbocycles. The van der Waals surface area contributed by atoms with Gasteiger partial charge in [-0.2, -0.15) is 0 Å². The second kappa shape index (κ2) is 4.90. The Bertz CT molecular complexity index is 354. The van der Waals surface area contributed by atoms with E-state index < -0.39 is 0 Å². The number of hydrogen-bond donors (Lipinski definition) is 1. The molecule has 0 amide bonds. The SMILES string of the molecule is CCCC(N)B1OC2CC3CC(C3(C)C)C2(C)O1.Cl. The Morgan fingerprint density at radius 2 is 2.00 bits per heavy atom. The first-order valence-electron chi connectivity index (χ1n) is 7.48. The third-order valence-corrected chi connectivity index (χ3v) is 5.94. The predicted octanol–water partition coefficient (Wildman–Crippen LogP) is 2.80. The van der Waals surface area contributed by atoms with Crippen LogP contribution in [0.1, 0.15) is 53.4 Å². The maximum Gasteiger partial charge on any atom is 0.475 e. The van der Waals surface area contributed by atoms with E-state index in [2.05, 4.69) is 27.7 Å². The average molecular weight is 288 g/mol. The fourth-order valence-electron chi connectivity index (χ4n) is 4.55. The van der Waals surface area contributed by atoms with Crippen LogP contribution in [0.3, 0.4) is 0 Å². The van der Waals surface area contributed by atoms with Crippen molar-refractivity contribution in [1.29, 1.82) is 0 Å². The molecule has 0 aromatic rings. The van der Waals surface area contributed by atoms with Gasteiger partial charge in [-0.05, 0) is 43.4 Å². The van der Waals surface area contributed by atoms with Gasteiger partial charge in [-0.3, -0.25) is 0 Å². The van der Waals surface area contributed by atoms with Crippen LogP contribution in [-0.2, 0) is 9.31 Å². The number of halogens is 1. The second-order valence-electron chi connectivity index (χ2n) is 7.29. The van der Waals surface area contributed by atoms with Crippen molar-refractivity contribution in [3.8, 4) is 0 Å². The van der Waals surface area contributed by atoms with Gasteiger partial charge >= 0.3 is 7.12 Å². The lowest BCUT2D eigenvalue weighted by Gasteiger charge is -2.64. The van der Waals surface area contributed by atoms with E-state index in [4.69, 9.17) is 15.0 Å². The summed E-state index contributed by atoms with van der Waals surface area (Å²) in [5, 5.41) is 0. The van der Waals surface area contributed by atoms with Crippen LogP contribution in [-0.4, -0.2) is 24.8 Å². The zero-order valence-corrected chi connectivity index (χ0v) is 13.3. The lowest BCUT2D eigenvalue weighted by Crippen LogP contribution is -2.65. The molecule has 4 rings (SSSR count). The molecule has 4 aliphatic rings. The molecule has 0 aromatic heterocycles. The molecule has 5 unspecified atom stereocenters. The molecular weight excluding hydrogens is 260 g/mol. The topological polar surface area (TPSA) is 44.5 Å². The van der Waals surface area contributed by atoms with Crippen LogP contribution < -0.4 is 5.73 Å². The lowest BCUT2D eigenvalue weighted by atomic mass is 9.43. The normalized spacial score (nSPS) is 44.1. The Hall–Kier alpha value is 0.235. The molecule has 5 atom stereocenters. The van der Waals surface area contributed by atoms with Gasteiger partial charge in [0.25, 0.3) is 0 Å². The Labute approximate surface area is 123 Å². The molecule has 2 bridgehead atoms. The van der Waals surface area contributed by atoms with E-state index in [1.54, 1.807) is 0 Å². The first-order chi connectivity index (χ1) is 8.39. The van der Waals surface area contributed by atoms with E-state index >= 15 is 0 Å². The van der Waals surface area contributed by atoms with E-state index in [0.29, 0.717) is 11.3 Å². The molecule has 3 nitrogen and oxygen atoms in total. The Morgan fingerprint density at radius 1 is 1.32 bits per heavy atom. The summed E-state index contributed by atoms with van der Waals surface area (Å²) in [5.41, 5.74) is 6.49. The first kappa shape index (κ1) is 15.6. The smallest absolute Gasteiger partial charge is 0.404 e. The molecule has 0 radical (unpaired) electrons. The third kappa shape index (κ3) is 2.07. The molecule has 0 aromatic carbocycles. The summed E-state index contributed by atoms with van der Waals surface area (Å²) in [4.78, 5) is 0. The molecule has 2 N–H and O–H groups in total. The zero-order chi connectivity index (χ0) is 13.1. The van der Waals surface area contributed by atoms with Crippen LogP contribution in [0.5, 0.6) is 0 Å².